The molecule has 2 rings (SSSR count). The van der Waals surface area contributed by atoms with E-state index in [4.69, 9.17) is 23.2 Å². The summed E-state index contributed by atoms with van der Waals surface area (Å²) in [7, 11) is 0. The van der Waals surface area contributed by atoms with E-state index < -0.39 is 6.10 Å². The monoisotopic (exact) mass is 286 g/mol. The zero-order valence-corrected chi connectivity index (χ0v) is 11.6. The number of aliphatic hydroxyl groups is 1. The minimum atomic E-state index is -0.710. The lowest BCUT2D eigenvalue weighted by Gasteiger charge is -2.10. The first-order valence-corrected chi connectivity index (χ1v) is 6.90. The lowest BCUT2D eigenvalue weighted by atomic mass is 10.0. The number of aryl methyl sites for hydroxylation is 1. The van der Waals surface area contributed by atoms with E-state index in [1.807, 2.05) is 18.2 Å². The molecule has 1 aromatic heterocycles. The van der Waals surface area contributed by atoms with E-state index in [0.717, 1.165) is 17.5 Å². The minimum absolute atomic E-state index is 0.614. The second-order valence-corrected chi connectivity index (χ2v) is 5.93. The molecule has 1 nitrogen and oxygen atoms in total. The van der Waals surface area contributed by atoms with Gasteiger partial charge in [-0.2, -0.15) is 0 Å². The fourth-order valence-corrected chi connectivity index (χ4v) is 3.15. The quantitative estimate of drug-likeness (QED) is 0.867. The second kappa shape index (κ2) is 5.40. The van der Waals surface area contributed by atoms with Gasteiger partial charge in [0, 0.05) is 15.5 Å². The van der Waals surface area contributed by atoms with Crippen LogP contribution in [0, 0.1) is 0 Å². The average Bonchev–Trinajstić information content (AvgIpc) is 2.69. The molecule has 0 bridgehead atoms. The van der Waals surface area contributed by atoms with E-state index in [9.17, 15) is 5.11 Å². The first-order chi connectivity index (χ1) is 8.11. The Kier molecular flexibility index (Phi) is 4.10. The summed E-state index contributed by atoms with van der Waals surface area (Å²) in [4.78, 5) is 1.17. The number of hydrogen-bond donors (Lipinski definition) is 1. The van der Waals surface area contributed by atoms with Gasteiger partial charge in [0.2, 0.25) is 0 Å². The van der Waals surface area contributed by atoms with Crippen molar-refractivity contribution in [1.82, 2.24) is 0 Å². The lowest BCUT2D eigenvalue weighted by molar-refractivity contribution is 0.221. The molecule has 1 aromatic carbocycles. The third-order valence-corrected chi connectivity index (χ3v) is 4.34. The Hall–Kier alpha value is -0.540. The van der Waals surface area contributed by atoms with Crippen LogP contribution < -0.4 is 0 Å². The normalized spacial score (nSPS) is 12.7. The summed E-state index contributed by atoms with van der Waals surface area (Å²) in [5.74, 6) is 0. The standard InChI is InChI=1S/C13H12Cl2OS/c1-2-10-7-11(13(15)17-10)12(16)8-4-3-5-9(14)6-8/h3-7,12,16H,2H2,1H3. The smallest absolute Gasteiger partial charge is 0.106 e. The predicted molar refractivity (Wildman–Crippen MR) is 74.2 cm³/mol. The van der Waals surface area contributed by atoms with Crippen molar-refractivity contribution in [3.63, 3.8) is 0 Å². The van der Waals surface area contributed by atoms with Gasteiger partial charge in [0.05, 0.1) is 4.34 Å². The molecule has 0 aliphatic carbocycles. The summed E-state index contributed by atoms with van der Waals surface area (Å²) in [6.07, 6.45) is 0.213. The van der Waals surface area contributed by atoms with Gasteiger partial charge in [-0.3, -0.25) is 0 Å². The highest BCUT2D eigenvalue weighted by atomic mass is 35.5. The van der Waals surface area contributed by atoms with Crippen molar-refractivity contribution < 1.29 is 5.11 Å². The highest BCUT2D eigenvalue weighted by Crippen LogP contribution is 2.35. The SMILES string of the molecule is CCc1cc(C(O)c2cccc(Cl)c2)c(Cl)s1. The van der Waals surface area contributed by atoms with E-state index in [0.29, 0.717) is 9.36 Å². The molecule has 1 N–H and O–H groups in total. The minimum Gasteiger partial charge on any atom is -0.384 e. The molecular formula is C13H12Cl2OS. The van der Waals surface area contributed by atoms with Crippen LogP contribution in [-0.2, 0) is 6.42 Å². The summed E-state index contributed by atoms with van der Waals surface area (Å²) >= 11 is 13.6. The van der Waals surface area contributed by atoms with E-state index in [1.54, 1.807) is 12.1 Å². The number of halogens is 2. The molecule has 0 saturated heterocycles. The number of aliphatic hydroxyl groups excluding tert-OH is 1. The van der Waals surface area contributed by atoms with Crippen LogP contribution in [0.15, 0.2) is 30.3 Å². The van der Waals surface area contributed by atoms with E-state index in [-0.39, 0.29) is 0 Å². The number of hydrogen-bond acceptors (Lipinski definition) is 2. The van der Waals surface area contributed by atoms with Crippen LogP contribution in [0.25, 0.3) is 0 Å². The molecule has 2 aromatic rings. The number of thiophene rings is 1. The Bertz CT molecular complexity index is 522. The lowest BCUT2D eigenvalue weighted by Crippen LogP contribution is -1.98. The summed E-state index contributed by atoms with van der Waals surface area (Å²) < 4.78 is 0.648. The molecule has 1 heterocycles. The topological polar surface area (TPSA) is 20.2 Å². The molecule has 17 heavy (non-hydrogen) atoms. The molecule has 90 valence electrons. The first kappa shape index (κ1) is 12.9. The third kappa shape index (κ3) is 2.83. The van der Waals surface area contributed by atoms with E-state index in [1.165, 1.54) is 16.2 Å². The Balaban J connectivity index is 2.36. The van der Waals surface area contributed by atoms with Gasteiger partial charge in [-0.25, -0.2) is 0 Å². The molecule has 0 fully saturated rings. The number of rotatable bonds is 3. The maximum atomic E-state index is 10.3. The van der Waals surface area contributed by atoms with Gasteiger partial charge in [0.25, 0.3) is 0 Å². The highest BCUT2D eigenvalue weighted by molar-refractivity contribution is 7.16. The van der Waals surface area contributed by atoms with Crippen LogP contribution in [0.4, 0.5) is 0 Å². The van der Waals surface area contributed by atoms with Gasteiger partial charge in [-0.15, -0.1) is 11.3 Å². The van der Waals surface area contributed by atoms with Gasteiger partial charge in [-0.1, -0.05) is 42.3 Å². The third-order valence-electron chi connectivity index (χ3n) is 2.57. The molecule has 0 amide bonds. The molecule has 0 saturated carbocycles. The maximum Gasteiger partial charge on any atom is 0.106 e. The van der Waals surface area contributed by atoms with E-state index >= 15 is 0 Å². The fraction of sp³-hybridized carbons (Fsp3) is 0.231. The van der Waals surface area contributed by atoms with E-state index in [2.05, 4.69) is 6.92 Å². The van der Waals surface area contributed by atoms with Gasteiger partial charge in [0.15, 0.2) is 0 Å². The first-order valence-electron chi connectivity index (χ1n) is 5.33. The Morgan fingerprint density at radius 2 is 2.06 bits per heavy atom. The van der Waals surface area contributed by atoms with Crippen LogP contribution in [0.3, 0.4) is 0 Å². The largest absolute Gasteiger partial charge is 0.384 e. The zero-order chi connectivity index (χ0) is 12.4. The molecule has 0 aliphatic heterocycles. The number of benzene rings is 1. The molecule has 1 atom stereocenters. The van der Waals surface area contributed by atoms with Crippen molar-refractivity contribution in [1.29, 1.82) is 0 Å². The maximum absolute atomic E-state index is 10.3. The Morgan fingerprint density at radius 3 is 2.65 bits per heavy atom. The van der Waals surface area contributed by atoms with Crippen LogP contribution in [-0.4, -0.2) is 5.11 Å². The molecule has 0 radical (unpaired) electrons. The second-order valence-electron chi connectivity index (χ2n) is 3.75. The predicted octanol–water partition coefficient (Wildman–Crippen LogP) is 4.70. The van der Waals surface area contributed by atoms with Gasteiger partial charge < -0.3 is 5.11 Å². The van der Waals surface area contributed by atoms with Crippen molar-refractivity contribution in [2.45, 2.75) is 19.4 Å². The summed E-state index contributed by atoms with van der Waals surface area (Å²) in [6, 6.07) is 9.16. The summed E-state index contributed by atoms with van der Waals surface area (Å²) in [6.45, 7) is 2.07. The zero-order valence-electron chi connectivity index (χ0n) is 9.28. The van der Waals surface area contributed by atoms with Crippen LogP contribution in [0.5, 0.6) is 0 Å². The van der Waals surface area contributed by atoms with Crippen molar-refractivity contribution >= 4 is 34.5 Å². The van der Waals surface area contributed by atoms with Crippen LogP contribution >= 0.6 is 34.5 Å². The van der Waals surface area contributed by atoms with Crippen LogP contribution in [0.2, 0.25) is 9.36 Å². The molecular weight excluding hydrogens is 275 g/mol. The Labute approximate surface area is 115 Å². The van der Waals surface area contributed by atoms with Crippen molar-refractivity contribution in [2.24, 2.45) is 0 Å². The molecule has 0 spiro atoms. The molecule has 4 heteroatoms. The fourth-order valence-electron chi connectivity index (χ4n) is 1.65. The van der Waals surface area contributed by atoms with Gasteiger partial charge >= 0.3 is 0 Å². The highest BCUT2D eigenvalue weighted by Gasteiger charge is 2.17. The van der Waals surface area contributed by atoms with Crippen LogP contribution in [0.1, 0.15) is 29.0 Å². The van der Waals surface area contributed by atoms with Gasteiger partial charge in [-0.05, 0) is 30.2 Å². The van der Waals surface area contributed by atoms with Crippen molar-refractivity contribution in [3.05, 3.63) is 55.7 Å². The van der Waals surface area contributed by atoms with Crippen molar-refractivity contribution in [2.75, 3.05) is 0 Å². The average molecular weight is 287 g/mol. The van der Waals surface area contributed by atoms with Gasteiger partial charge in [0.1, 0.15) is 6.10 Å². The molecule has 1 unspecified atom stereocenters. The summed E-state index contributed by atoms with van der Waals surface area (Å²) in [5.41, 5.74) is 1.52. The molecule has 0 aliphatic rings. The summed E-state index contributed by atoms with van der Waals surface area (Å²) in [5, 5.41) is 10.9. The van der Waals surface area contributed by atoms with Crippen molar-refractivity contribution in [3.8, 4) is 0 Å². The Morgan fingerprint density at radius 1 is 1.29 bits per heavy atom.